The van der Waals surface area contributed by atoms with E-state index >= 15 is 0 Å². The molecule has 3 rings (SSSR count). The van der Waals surface area contributed by atoms with Crippen LogP contribution in [0.3, 0.4) is 0 Å². The zero-order chi connectivity index (χ0) is 24.0. The van der Waals surface area contributed by atoms with Crippen LogP contribution in [0.25, 0.3) is 0 Å². The van der Waals surface area contributed by atoms with Crippen LogP contribution in [0.5, 0.6) is 5.75 Å². The number of nitrogens with zero attached hydrogens (tertiary/aromatic N) is 2. The van der Waals surface area contributed by atoms with Gasteiger partial charge >= 0.3 is 0 Å². The molecule has 0 saturated carbocycles. The van der Waals surface area contributed by atoms with E-state index in [0.717, 1.165) is 4.31 Å². The van der Waals surface area contributed by atoms with Gasteiger partial charge in [0.15, 0.2) is 0 Å². The molecule has 0 spiro atoms. The van der Waals surface area contributed by atoms with Gasteiger partial charge in [0.2, 0.25) is 10.0 Å². The third kappa shape index (κ3) is 6.78. The van der Waals surface area contributed by atoms with Gasteiger partial charge in [0.25, 0.3) is 5.91 Å². The number of carbonyl (C=O) groups is 1. The first kappa shape index (κ1) is 25.2. The average Bonchev–Trinajstić information content (AvgIpc) is 2.76. The van der Waals surface area contributed by atoms with Crippen molar-refractivity contribution in [3.63, 3.8) is 0 Å². The van der Waals surface area contributed by atoms with E-state index in [9.17, 15) is 18.3 Å². The van der Waals surface area contributed by atoms with Crippen molar-refractivity contribution in [2.24, 2.45) is 5.10 Å². The van der Waals surface area contributed by atoms with Crippen molar-refractivity contribution in [3.05, 3.63) is 92.4 Å². The lowest BCUT2D eigenvalue weighted by Gasteiger charge is -2.22. The monoisotopic (exact) mass is 569 g/mol. The molecule has 0 aliphatic heterocycles. The fraction of sp³-hybridized carbons (Fsp3) is 0.0909. The summed E-state index contributed by atoms with van der Waals surface area (Å²) < 4.78 is 28.3. The van der Waals surface area contributed by atoms with Crippen molar-refractivity contribution in [2.45, 2.75) is 11.4 Å². The Morgan fingerprint density at radius 3 is 2.45 bits per heavy atom. The average molecular weight is 571 g/mol. The maximum Gasteiger partial charge on any atom is 0.255 e. The number of halogens is 3. The Morgan fingerprint density at radius 1 is 1.09 bits per heavy atom. The number of nitrogens with one attached hydrogen (secondary N) is 1. The van der Waals surface area contributed by atoms with Gasteiger partial charge in [-0.15, -0.1) is 0 Å². The zero-order valence-corrected chi connectivity index (χ0v) is 20.9. The Balaban J connectivity index is 1.83. The fourth-order valence-corrected chi connectivity index (χ4v) is 4.89. The number of hydrogen-bond donors (Lipinski definition) is 2. The van der Waals surface area contributed by atoms with E-state index in [0.29, 0.717) is 20.6 Å². The van der Waals surface area contributed by atoms with E-state index < -0.39 is 22.5 Å². The van der Waals surface area contributed by atoms with Gasteiger partial charge in [-0.05, 0) is 54.1 Å². The van der Waals surface area contributed by atoms with Crippen LogP contribution in [0.4, 0.5) is 0 Å². The van der Waals surface area contributed by atoms with E-state index in [2.05, 4.69) is 26.5 Å². The molecule has 0 aromatic heterocycles. The van der Waals surface area contributed by atoms with E-state index in [1.165, 1.54) is 30.5 Å². The molecule has 0 fully saturated rings. The summed E-state index contributed by atoms with van der Waals surface area (Å²) in [7, 11) is -4.05. The van der Waals surface area contributed by atoms with Crippen LogP contribution in [-0.4, -0.2) is 36.5 Å². The smallest absolute Gasteiger partial charge is 0.255 e. The molecule has 2 N–H and O–H groups in total. The van der Waals surface area contributed by atoms with Crippen molar-refractivity contribution in [1.29, 1.82) is 0 Å². The van der Waals surface area contributed by atoms with Crippen molar-refractivity contribution in [2.75, 3.05) is 6.54 Å². The first-order valence-electron chi connectivity index (χ1n) is 9.46. The minimum Gasteiger partial charge on any atom is -0.507 e. The van der Waals surface area contributed by atoms with Gasteiger partial charge < -0.3 is 5.11 Å². The van der Waals surface area contributed by atoms with Crippen molar-refractivity contribution in [1.82, 2.24) is 9.73 Å². The van der Waals surface area contributed by atoms with Crippen LogP contribution < -0.4 is 5.43 Å². The van der Waals surface area contributed by atoms with Crippen LogP contribution in [0.15, 0.2) is 81.2 Å². The topological polar surface area (TPSA) is 99.1 Å². The molecule has 0 saturated heterocycles. The minimum absolute atomic E-state index is 0.00711. The molecule has 3 aromatic carbocycles. The highest BCUT2D eigenvalue weighted by atomic mass is 79.9. The zero-order valence-electron chi connectivity index (χ0n) is 17.0. The maximum atomic E-state index is 13.3. The molecule has 0 radical (unpaired) electrons. The minimum atomic E-state index is -4.05. The van der Waals surface area contributed by atoms with E-state index in [1.807, 2.05) is 0 Å². The largest absolute Gasteiger partial charge is 0.507 e. The Hall–Kier alpha value is -2.43. The Bertz CT molecular complexity index is 1290. The van der Waals surface area contributed by atoms with Crippen LogP contribution in [0.2, 0.25) is 10.0 Å². The number of hydrazone groups is 1. The lowest BCUT2D eigenvalue weighted by atomic mass is 10.2. The van der Waals surface area contributed by atoms with E-state index in [4.69, 9.17) is 23.2 Å². The molecule has 3 aromatic rings. The van der Waals surface area contributed by atoms with Gasteiger partial charge in [-0.2, -0.15) is 9.41 Å². The molecule has 11 heteroatoms. The molecule has 0 aliphatic carbocycles. The van der Waals surface area contributed by atoms with Crippen molar-refractivity contribution < 1.29 is 18.3 Å². The van der Waals surface area contributed by atoms with Gasteiger partial charge in [0, 0.05) is 26.6 Å². The highest BCUT2D eigenvalue weighted by Crippen LogP contribution is 2.26. The first-order chi connectivity index (χ1) is 15.7. The van der Waals surface area contributed by atoms with Crippen LogP contribution in [-0.2, 0) is 21.4 Å². The van der Waals surface area contributed by atoms with Gasteiger partial charge in [-0.3, -0.25) is 4.79 Å². The summed E-state index contributed by atoms with van der Waals surface area (Å²) in [5.74, 6) is -0.681. The number of rotatable bonds is 8. The van der Waals surface area contributed by atoms with Crippen LogP contribution >= 0.6 is 39.1 Å². The number of benzene rings is 3. The molecule has 33 heavy (non-hydrogen) atoms. The van der Waals surface area contributed by atoms with Gasteiger partial charge in [-0.25, -0.2) is 13.8 Å². The molecule has 172 valence electrons. The third-order valence-electron chi connectivity index (χ3n) is 4.46. The summed E-state index contributed by atoms with van der Waals surface area (Å²) in [6.45, 7) is -0.680. The Kier molecular flexibility index (Phi) is 8.50. The molecule has 0 unspecified atom stereocenters. The molecular weight excluding hydrogens is 553 g/mol. The second-order valence-corrected chi connectivity index (χ2v) is 10.5. The van der Waals surface area contributed by atoms with E-state index in [-0.39, 0.29) is 22.2 Å². The number of sulfonamides is 1. The van der Waals surface area contributed by atoms with Crippen molar-refractivity contribution >= 4 is 61.3 Å². The summed E-state index contributed by atoms with van der Waals surface area (Å²) in [6, 6.07) is 17.2. The Morgan fingerprint density at radius 2 is 1.79 bits per heavy atom. The van der Waals surface area contributed by atoms with Crippen LogP contribution in [0, 0.1) is 0 Å². The number of carbonyl (C=O) groups excluding carboxylic acids is 1. The highest BCUT2D eigenvalue weighted by molar-refractivity contribution is 9.10. The van der Waals surface area contributed by atoms with Crippen molar-refractivity contribution in [3.8, 4) is 5.75 Å². The summed E-state index contributed by atoms with van der Waals surface area (Å²) >= 11 is 15.4. The predicted molar refractivity (Wildman–Crippen MR) is 132 cm³/mol. The van der Waals surface area contributed by atoms with Gasteiger partial charge in [0.1, 0.15) is 5.75 Å². The molecular formula is C22H18BrCl2N3O4S. The lowest BCUT2D eigenvalue weighted by Crippen LogP contribution is -2.39. The summed E-state index contributed by atoms with van der Waals surface area (Å²) in [4.78, 5) is 12.5. The number of phenols is 1. The highest BCUT2D eigenvalue weighted by Gasteiger charge is 2.27. The van der Waals surface area contributed by atoms with Crippen LogP contribution in [0.1, 0.15) is 11.1 Å². The quantitative estimate of drug-likeness (QED) is 0.300. The molecule has 0 atom stereocenters. The number of aromatic hydroxyl groups is 1. The van der Waals surface area contributed by atoms with Gasteiger partial charge in [-0.1, -0.05) is 57.3 Å². The molecule has 1 amide bonds. The lowest BCUT2D eigenvalue weighted by molar-refractivity contribution is -0.121. The number of amides is 1. The summed E-state index contributed by atoms with van der Waals surface area (Å²) in [6.07, 6.45) is 1.26. The predicted octanol–water partition coefficient (Wildman–Crippen LogP) is 4.80. The number of hydrogen-bond acceptors (Lipinski definition) is 5. The van der Waals surface area contributed by atoms with Gasteiger partial charge in [0.05, 0.1) is 17.7 Å². The summed E-state index contributed by atoms with van der Waals surface area (Å²) in [5.41, 5.74) is 3.16. The Labute approximate surface area is 209 Å². The SMILES string of the molecule is O=C(CN(Cc1ccc(Cl)cc1Cl)S(=O)(=O)c1ccc(Br)cc1)N/N=C/c1ccccc1O. The molecule has 0 bridgehead atoms. The fourth-order valence-electron chi connectivity index (χ4n) is 2.79. The normalized spacial score (nSPS) is 11.8. The van der Waals surface area contributed by atoms with E-state index in [1.54, 1.807) is 42.5 Å². The summed E-state index contributed by atoms with van der Waals surface area (Å²) in [5, 5.41) is 14.2. The second kappa shape index (κ2) is 11.1. The molecule has 0 aliphatic rings. The standard InChI is InChI=1S/C22H18BrCl2N3O4S/c23-17-6-9-19(10-7-17)33(31,32)28(13-16-5-8-18(24)11-20(16)25)14-22(30)27-26-12-15-3-1-2-4-21(15)29/h1-12,29H,13-14H2,(H,27,30)/b26-12+. The first-order valence-corrected chi connectivity index (χ1v) is 12.5. The molecule has 7 nitrogen and oxygen atoms in total. The number of para-hydroxylation sites is 1. The number of phenolic OH excluding ortho intramolecular Hbond substituents is 1. The molecule has 0 heterocycles. The second-order valence-electron chi connectivity index (χ2n) is 6.81. The maximum absolute atomic E-state index is 13.3. The third-order valence-corrected chi connectivity index (χ3v) is 7.38.